The molecule has 0 atom stereocenters. The molecule has 16 heavy (non-hydrogen) atoms. The molecule has 0 saturated carbocycles. The molecule has 0 N–H and O–H groups in total. The summed E-state index contributed by atoms with van der Waals surface area (Å²) in [4.78, 5) is 0. The van der Waals surface area contributed by atoms with Crippen molar-refractivity contribution in [2.45, 2.75) is 106 Å². The SMILES string of the molecule is C.C.CCCCCCCCCCCCCC. The van der Waals surface area contributed by atoms with Crippen molar-refractivity contribution >= 4 is 0 Å². The zero-order chi connectivity index (χ0) is 10.5. The summed E-state index contributed by atoms with van der Waals surface area (Å²) in [7, 11) is 0. The minimum Gasteiger partial charge on any atom is -0.0776 e. The number of rotatable bonds is 11. The standard InChI is InChI=1S/C14H30.2CH4/c1-3-5-7-9-11-13-14-12-10-8-6-4-2;;/h3-14H2,1-2H3;2*1H4. The highest BCUT2D eigenvalue weighted by atomic mass is 14.0. The Balaban J connectivity index is -0.000000845. The number of unbranched alkanes of at least 4 members (excludes halogenated alkanes) is 11. The second kappa shape index (κ2) is 20.4. The maximum absolute atomic E-state index is 2.29. The van der Waals surface area contributed by atoms with Crippen LogP contribution < -0.4 is 0 Å². The normalized spacial score (nSPS) is 9.38. The maximum Gasteiger partial charge on any atom is -0.0533 e. The van der Waals surface area contributed by atoms with E-state index in [0.717, 1.165) is 0 Å². The zero-order valence-corrected chi connectivity index (χ0v) is 10.5. The summed E-state index contributed by atoms with van der Waals surface area (Å²) in [6.07, 6.45) is 17.4. The summed E-state index contributed by atoms with van der Waals surface area (Å²) in [5, 5.41) is 0. The lowest BCUT2D eigenvalue weighted by molar-refractivity contribution is 0.548. The van der Waals surface area contributed by atoms with Crippen LogP contribution in [0.3, 0.4) is 0 Å². The van der Waals surface area contributed by atoms with E-state index in [1.165, 1.54) is 77.0 Å². The van der Waals surface area contributed by atoms with Gasteiger partial charge < -0.3 is 0 Å². The van der Waals surface area contributed by atoms with Crippen LogP contribution >= 0.6 is 0 Å². The van der Waals surface area contributed by atoms with Gasteiger partial charge in [-0.1, -0.05) is 106 Å². The molecule has 0 unspecified atom stereocenters. The summed E-state index contributed by atoms with van der Waals surface area (Å²) < 4.78 is 0. The van der Waals surface area contributed by atoms with Crippen LogP contribution in [0.1, 0.15) is 106 Å². The Morgan fingerprint density at radius 2 is 0.562 bits per heavy atom. The lowest BCUT2D eigenvalue weighted by atomic mass is 10.1. The summed E-state index contributed by atoms with van der Waals surface area (Å²) >= 11 is 0. The van der Waals surface area contributed by atoms with Crippen molar-refractivity contribution in [1.82, 2.24) is 0 Å². The lowest BCUT2D eigenvalue weighted by Gasteiger charge is -2.01. The van der Waals surface area contributed by atoms with Gasteiger partial charge in [0.05, 0.1) is 0 Å². The second-order valence-corrected chi connectivity index (χ2v) is 4.54. The Morgan fingerprint density at radius 1 is 0.375 bits per heavy atom. The molecule has 0 spiro atoms. The average Bonchev–Trinajstić information content (AvgIpc) is 2.21. The molecule has 0 aliphatic carbocycles. The third-order valence-corrected chi connectivity index (χ3v) is 2.96. The monoisotopic (exact) mass is 230 g/mol. The van der Waals surface area contributed by atoms with Gasteiger partial charge in [0.1, 0.15) is 0 Å². The number of hydrogen-bond donors (Lipinski definition) is 0. The van der Waals surface area contributed by atoms with E-state index in [-0.39, 0.29) is 14.9 Å². The second-order valence-electron chi connectivity index (χ2n) is 4.54. The van der Waals surface area contributed by atoms with Gasteiger partial charge in [-0.2, -0.15) is 0 Å². The first kappa shape index (κ1) is 21.3. The molecule has 0 aliphatic heterocycles. The van der Waals surface area contributed by atoms with Gasteiger partial charge >= 0.3 is 0 Å². The first-order valence-corrected chi connectivity index (χ1v) is 6.91. The fourth-order valence-electron chi connectivity index (χ4n) is 1.91. The molecule has 0 amide bonds. The molecule has 0 nitrogen and oxygen atoms in total. The fraction of sp³-hybridized carbons (Fsp3) is 1.00. The van der Waals surface area contributed by atoms with Crippen molar-refractivity contribution in [1.29, 1.82) is 0 Å². The minimum absolute atomic E-state index is 0. The zero-order valence-electron chi connectivity index (χ0n) is 10.5. The van der Waals surface area contributed by atoms with Crippen LogP contribution in [0.5, 0.6) is 0 Å². The van der Waals surface area contributed by atoms with E-state index in [4.69, 9.17) is 0 Å². The van der Waals surface area contributed by atoms with Gasteiger partial charge in [0.25, 0.3) is 0 Å². The summed E-state index contributed by atoms with van der Waals surface area (Å²) in [5.74, 6) is 0. The maximum atomic E-state index is 2.29. The molecular weight excluding hydrogens is 192 g/mol. The molecule has 0 bridgehead atoms. The van der Waals surface area contributed by atoms with E-state index in [1.54, 1.807) is 0 Å². The van der Waals surface area contributed by atoms with Crippen molar-refractivity contribution in [3.05, 3.63) is 0 Å². The quantitative estimate of drug-likeness (QED) is 0.336. The van der Waals surface area contributed by atoms with E-state index in [0.29, 0.717) is 0 Å². The van der Waals surface area contributed by atoms with Crippen LogP contribution in [-0.2, 0) is 0 Å². The topological polar surface area (TPSA) is 0 Å². The smallest absolute Gasteiger partial charge is 0.0533 e. The van der Waals surface area contributed by atoms with Gasteiger partial charge in [-0.15, -0.1) is 0 Å². The molecule has 102 valence electrons. The van der Waals surface area contributed by atoms with Crippen molar-refractivity contribution < 1.29 is 0 Å². The van der Waals surface area contributed by atoms with Crippen molar-refractivity contribution in [2.24, 2.45) is 0 Å². The third kappa shape index (κ3) is 19.6. The highest BCUT2D eigenvalue weighted by Gasteiger charge is 1.91. The molecule has 0 rings (SSSR count). The van der Waals surface area contributed by atoms with Crippen LogP contribution in [0.25, 0.3) is 0 Å². The molecule has 0 fully saturated rings. The minimum atomic E-state index is 0. The molecule has 0 aliphatic rings. The first-order chi connectivity index (χ1) is 6.91. The third-order valence-electron chi connectivity index (χ3n) is 2.96. The molecule has 0 aromatic heterocycles. The Morgan fingerprint density at radius 3 is 0.750 bits per heavy atom. The highest BCUT2D eigenvalue weighted by Crippen LogP contribution is 2.11. The molecular formula is C16H38. The lowest BCUT2D eigenvalue weighted by Crippen LogP contribution is -1.81. The van der Waals surface area contributed by atoms with Gasteiger partial charge in [0, 0.05) is 0 Å². The Labute approximate surface area is 106 Å². The summed E-state index contributed by atoms with van der Waals surface area (Å²) in [5.41, 5.74) is 0. The summed E-state index contributed by atoms with van der Waals surface area (Å²) in [6, 6.07) is 0. The van der Waals surface area contributed by atoms with Crippen LogP contribution in [0.4, 0.5) is 0 Å². The Bertz CT molecular complexity index is 74.0. The van der Waals surface area contributed by atoms with Crippen LogP contribution in [-0.4, -0.2) is 0 Å². The van der Waals surface area contributed by atoms with E-state index < -0.39 is 0 Å². The van der Waals surface area contributed by atoms with Gasteiger partial charge in [-0.05, 0) is 0 Å². The highest BCUT2D eigenvalue weighted by molar-refractivity contribution is 4.47. The van der Waals surface area contributed by atoms with E-state index in [9.17, 15) is 0 Å². The average molecular weight is 230 g/mol. The van der Waals surface area contributed by atoms with Crippen LogP contribution in [0.15, 0.2) is 0 Å². The first-order valence-electron chi connectivity index (χ1n) is 6.91. The molecule has 0 heterocycles. The molecule has 0 aromatic rings. The summed E-state index contributed by atoms with van der Waals surface area (Å²) in [6.45, 7) is 4.57. The Kier molecular flexibility index (Phi) is 27.2. The molecule has 0 saturated heterocycles. The van der Waals surface area contributed by atoms with E-state index in [1.807, 2.05) is 0 Å². The molecule has 0 heteroatoms. The van der Waals surface area contributed by atoms with Gasteiger partial charge in [0.2, 0.25) is 0 Å². The van der Waals surface area contributed by atoms with Crippen molar-refractivity contribution in [2.75, 3.05) is 0 Å². The molecule has 0 aromatic carbocycles. The predicted molar refractivity (Wildman–Crippen MR) is 80.2 cm³/mol. The molecule has 0 radical (unpaired) electrons. The predicted octanol–water partition coefficient (Wildman–Crippen LogP) is 6.98. The fourth-order valence-corrected chi connectivity index (χ4v) is 1.91. The largest absolute Gasteiger partial charge is 0.0776 e. The Hall–Kier alpha value is 0. The van der Waals surface area contributed by atoms with Gasteiger partial charge in [-0.25, -0.2) is 0 Å². The number of hydrogen-bond acceptors (Lipinski definition) is 0. The van der Waals surface area contributed by atoms with E-state index >= 15 is 0 Å². The van der Waals surface area contributed by atoms with Gasteiger partial charge in [0.15, 0.2) is 0 Å². The van der Waals surface area contributed by atoms with Crippen molar-refractivity contribution in [3.63, 3.8) is 0 Å². The van der Waals surface area contributed by atoms with Crippen molar-refractivity contribution in [3.8, 4) is 0 Å². The van der Waals surface area contributed by atoms with Crippen LogP contribution in [0, 0.1) is 0 Å². The van der Waals surface area contributed by atoms with Crippen LogP contribution in [0.2, 0.25) is 0 Å². The van der Waals surface area contributed by atoms with E-state index in [2.05, 4.69) is 13.8 Å². The van der Waals surface area contributed by atoms with Gasteiger partial charge in [-0.3, -0.25) is 0 Å².